The molecule has 2 aromatic rings. The molecule has 16 heavy (non-hydrogen) atoms. The number of imidazole rings is 1. The summed E-state index contributed by atoms with van der Waals surface area (Å²) < 4.78 is 2.10. The molecule has 0 aliphatic rings. The van der Waals surface area contributed by atoms with Crippen LogP contribution in [0.2, 0.25) is 0 Å². The zero-order valence-corrected chi connectivity index (χ0v) is 9.69. The van der Waals surface area contributed by atoms with Crippen molar-refractivity contribution in [2.75, 3.05) is 5.32 Å². The normalized spacial score (nSPS) is 11.0. The molecule has 4 heteroatoms. The number of hydrogen-bond donors (Lipinski definition) is 1. The molecule has 0 atom stereocenters. The molecule has 0 saturated carbocycles. The minimum absolute atomic E-state index is 0.0670. The Hall–Kier alpha value is -1.84. The van der Waals surface area contributed by atoms with E-state index in [9.17, 15) is 4.79 Å². The lowest BCUT2D eigenvalue weighted by atomic mass is 10.2. The number of nitrogens with one attached hydrogen (secondary N) is 1. The Morgan fingerprint density at radius 1 is 1.44 bits per heavy atom. The van der Waals surface area contributed by atoms with Gasteiger partial charge in [-0.25, -0.2) is 4.98 Å². The molecule has 84 valence electrons. The summed E-state index contributed by atoms with van der Waals surface area (Å²) in [4.78, 5) is 15.2. The molecule has 0 unspecified atom stereocenters. The van der Waals surface area contributed by atoms with Crippen molar-refractivity contribution in [3.05, 3.63) is 24.5 Å². The molecule has 0 aliphatic carbocycles. The van der Waals surface area contributed by atoms with Gasteiger partial charge in [0.05, 0.1) is 17.4 Å². The fourth-order valence-corrected chi connectivity index (χ4v) is 1.72. The van der Waals surface area contributed by atoms with Crippen molar-refractivity contribution >= 4 is 22.6 Å². The lowest BCUT2D eigenvalue weighted by Gasteiger charge is -2.08. The molecule has 2 rings (SSSR count). The molecular formula is C12H15N3O. The van der Waals surface area contributed by atoms with E-state index in [2.05, 4.69) is 28.7 Å². The van der Waals surface area contributed by atoms with E-state index in [-0.39, 0.29) is 5.91 Å². The minimum Gasteiger partial charge on any atom is -0.328 e. The SMILES string of the molecule is CC(=O)Nc1ccc2c(c1)ncn2C(C)C. The van der Waals surface area contributed by atoms with E-state index in [1.807, 2.05) is 24.5 Å². The summed E-state index contributed by atoms with van der Waals surface area (Å²) >= 11 is 0. The van der Waals surface area contributed by atoms with Crippen LogP contribution < -0.4 is 5.32 Å². The van der Waals surface area contributed by atoms with Crippen LogP contribution in [0.1, 0.15) is 26.8 Å². The van der Waals surface area contributed by atoms with Gasteiger partial charge in [0, 0.05) is 18.7 Å². The van der Waals surface area contributed by atoms with E-state index >= 15 is 0 Å². The van der Waals surface area contributed by atoms with Crippen LogP contribution in [-0.2, 0) is 4.79 Å². The van der Waals surface area contributed by atoms with Crippen LogP contribution in [0.25, 0.3) is 11.0 Å². The van der Waals surface area contributed by atoms with Crippen LogP contribution in [0.4, 0.5) is 5.69 Å². The van der Waals surface area contributed by atoms with E-state index in [0.29, 0.717) is 6.04 Å². The van der Waals surface area contributed by atoms with Gasteiger partial charge in [-0.05, 0) is 32.0 Å². The van der Waals surface area contributed by atoms with Gasteiger partial charge in [0.15, 0.2) is 0 Å². The number of amides is 1. The number of benzene rings is 1. The quantitative estimate of drug-likeness (QED) is 0.840. The van der Waals surface area contributed by atoms with Gasteiger partial charge in [-0.15, -0.1) is 0 Å². The maximum absolute atomic E-state index is 10.9. The highest BCUT2D eigenvalue weighted by Gasteiger charge is 2.06. The molecule has 0 spiro atoms. The number of carbonyl (C=O) groups excluding carboxylic acids is 1. The lowest BCUT2D eigenvalue weighted by molar-refractivity contribution is -0.114. The van der Waals surface area contributed by atoms with Crippen LogP contribution in [0, 0.1) is 0 Å². The third kappa shape index (κ3) is 1.91. The second-order valence-corrected chi connectivity index (χ2v) is 4.13. The molecule has 0 bridgehead atoms. The molecule has 1 heterocycles. The highest BCUT2D eigenvalue weighted by atomic mass is 16.1. The van der Waals surface area contributed by atoms with Gasteiger partial charge in [0.2, 0.25) is 5.91 Å². The number of aromatic nitrogens is 2. The molecule has 1 N–H and O–H groups in total. The summed E-state index contributed by atoms with van der Waals surface area (Å²) in [6, 6.07) is 6.14. The van der Waals surface area contributed by atoms with Gasteiger partial charge < -0.3 is 9.88 Å². The molecule has 1 aromatic heterocycles. The zero-order chi connectivity index (χ0) is 11.7. The predicted octanol–water partition coefficient (Wildman–Crippen LogP) is 2.58. The van der Waals surface area contributed by atoms with Gasteiger partial charge in [-0.2, -0.15) is 0 Å². The van der Waals surface area contributed by atoms with E-state index in [4.69, 9.17) is 0 Å². The van der Waals surface area contributed by atoms with Crippen LogP contribution >= 0.6 is 0 Å². The number of rotatable bonds is 2. The number of fused-ring (bicyclic) bond motifs is 1. The molecule has 0 aliphatic heterocycles. The molecule has 0 fully saturated rings. The van der Waals surface area contributed by atoms with Crippen LogP contribution in [0.5, 0.6) is 0 Å². The van der Waals surface area contributed by atoms with Crippen LogP contribution in [-0.4, -0.2) is 15.5 Å². The van der Waals surface area contributed by atoms with Crippen molar-refractivity contribution < 1.29 is 4.79 Å². The lowest BCUT2D eigenvalue weighted by Crippen LogP contribution is -2.05. The van der Waals surface area contributed by atoms with E-state index in [1.54, 1.807) is 0 Å². The molecule has 0 saturated heterocycles. The average molecular weight is 217 g/mol. The summed E-state index contributed by atoms with van der Waals surface area (Å²) in [5.41, 5.74) is 2.78. The molecule has 1 amide bonds. The first-order chi connectivity index (χ1) is 7.58. The second-order valence-electron chi connectivity index (χ2n) is 4.13. The third-order valence-electron chi connectivity index (χ3n) is 2.45. The first-order valence-corrected chi connectivity index (χ1v) is 5.32. The Morgan fingerprint density at radius 3 is 2.81 bits per heavy atom. The summed E-state index contributed by atoms with van der Waals surface area (Å²) in [6.45, 7) is 5.72. The maximum Gasteiger partial charge on any atom is 0.221 e. The van der Waals surface area contributed by atoms with Crippen molar-refractivity contribution in [3.63, 3.8) is 0 Å². The first kappa shape index (κ1) is 10.7. The fourth-order valence-electron chi connectivity index (χ4n) is 1.72. The summed E-state index contributed by atoms with van der Waals surface area (Å²) in [7, 11) is 0. The van der Waals surface area contributed by atoms with E-state index in [1.165, 1.54) is 6.92 Å². The summed E-state index contributed by atoms with van der Waals surface area (Å²) in [6.07, 6.45) is 1.83. The maximum atomic E-state index is 10.9. The van der Waals surface area contributed by atoms with E-state index in [0.717, 1.165) is 16.7 Å². The second kappa shape index (κ2) is 3.96. The smallest absolute Gasteiger partial charge is 0.221 e. The number of anilines is 1. The Balaban J connectivity index is 2.45. The fraction of sp³-hybridized carbons (Fsp3) is 0.333. The molecule has 1 aromatic carbocycles. The summed E-state index contributed by atoms with van der Waals surface area (Å²) in [5.74, 6) is -0.0670. The van der Waals surface area contributed by atoms with Gasteiger partial charge in [0.1, 0.15) is 0 Å². The average Bonchev–Trinajstić information content (AvgIpc) is 2.59. The Morgan fingerprint density at radius 2 is 2.19 bits per heavy atom. The molecule has 4 nitrogen and oxygen atoms in total. The molecule has 0 radical (unpaired) electrons. The highest BCUT2D eigenvalue weighted by Crippen LogP contribution is 2.20. The predicted molar refractivity (Wildman–Crippen MR) is 64.4 cm³/mol. The van der Waals surface area contributed by atoms with Crippen molar-refractivity contribution in [2.24, 2.45) is 0 Å². The topological polar surface area (TPSA) is 46.9 Å². The Bertz CT molecular complexity index is 528. The van der Waals surface area contributed by atoms with Crippen molar-refractivity contribution in [2.45, 2.75) is 26.8 Å². The first-order valence-electron chi connectivity index (χ1n) is 5.32. The largest absolute Gasteiger partial charge is 0.328 e. The number of carbonyl (C=O) groups is 1. The van der Waals surface area contributed by atoms with Crippen LogP contribution in [0.3, 0.4) is 0 Å². The third-order valence-corrected chi connectivity index (χ3v) is 2.45. The molecular weight excluding hydrogens is 202 g/mol. The van der Waals surface area contributed by atoms with E-state index < -0.39 is 0 Å². The van der Waals surface area contributed by atoms with Crippen molar-refractivity contribution in [1.29, 1.82) is 0 Å². The Labute approximate surface area is 94.3 Å². The Kier molecular flexibility index (Phi) is 2.64. The standard InChI is InChI=1S/C12H15N3O/c1-8(2)15-7-13-11-6-10(14-9(3)16)4-5-12(11)15/h4-8H,1-3H3,(H,14,16). The van der Waals surface area contributed by atoms with Gasteiger partial charge in [0.25, 0.3) is 0 Å². The number of nitrogens with zero attached hydrogens (tertiary/aromatic N) is 2. The highest BCUT2D eigenvalue weighted by molar-refractivity contribution is 5.91. The van der Waals surface area contributed by atoms with Crippen LogP contribution in [0.15, 0.2) is 24.5 Å². The summed E-state index contributed by atoms with van der Waals surface area (Å²) in [5, 5.41) is 2.75. The van der Waals surface area contributed by atoms with Crippen molar-refractivity contribution in [1.82, 2.24) is 9.55 Å². The van der Waals surface area contributed by atoms with Gasteiger partial charge in [-0.3, -0.25) is 4.79 Å². The van der Waals surface area contributed by atoms with Gasteiger partial charge in [-0.1, -0.05) is 0 Å². The monoisotopic (exact) mass is 217 g/mol. The minimum atomic E-state index is -0.0670. The number of hydrogen-bond acceptors (Lipinski definition) is 2. The zero-order valence-electron chi connectivity index (χ0n) is 9.69. The van der Waals surface area contributed by atoms with Gasteiger partial charge >= 0.3 is 0 Å². The van der Waals surface area contributed by atoms with Crippen molar-refractivity contribution in [3.8, 4) is 0 Å².